The molecule has 0 rings (SSSR count). The molecule has 0 atom stereocenters. The van der Waals surface area contributed by atoms with Crippen molar-refractivity contribution >= 4 is 12.6 Å². The molecule has 0 bridgehead atoms. The summed E-state index contributed by atoms with van der Waals surface area (Å²) in [5.74, 6) is 0. The summed E-state index contributed by atoms with van der Waals surface area (Å²) in [5, 5.41) is 23.5. The molecule has 0 aromatic heterocycles. The Balaban J connectivity index is 0. The second-order valence-corrected chi connectivity index (χ2v) is 0.365. The molecule has 0 radical (unpaired) electrons. The van der Waals surface area contributed by atoms with Gasteiger partial charge in [-0.25, -0.2) is 10.5 Å². The molecule has 0 spiro atoms. The van der Waals surface area contributed by atoms with Gasteiger partial charge in [0.2, 0.25) is 0 Å². The lowest BCUT2D eigenvalue weighted by Gasteiger charge is -1.56. The van der Waals surface area contributed by atoms with Gasteiger partial charge in [-0.15, -0.1) is 0 Å². The zero-order valence-corrected chi connectivity index (χ0v) is 3.53. The molecule has 0 saturated heterocycles. The van der Waals surface area contributed by atoms with Gasteiger partial charge >= 0.3 is 0 Å². The summed E-state index contributed by atoms with van der Waals surface area (Å²) in [4.78, 5) is 0. The third-order valence-corrected chi connectivity index (χ3v) is 0. The summed E-state index contributed by atoms with van der Waals surface area (Å²) < 4.78 is 0. The third kappa shape index (κ3) is 12.0. The first-order chi connectivity index (χ1) is 2.83. The zero-order chi connectivity index (χ0) is 5.41. The van der Waals surface area contributed by atoms with Crippen LogP contribution in [-0.4, -0.2) is 0 Å². The Morgan fingerprint density at radius 2 is 1.50 bits per heavy atom. The van der Waals surface area contributed by atoms with E-state index >= 15 is 0 Å². The summed E-state index contributed by atoms with van der Waals surface area (Å²) in [6.07, 6.45) is 0.500. The summed E-state index contributed by atoms with van der Waals surface area (Å²) in [7, 11) is 0. The fraction of sp³-hybridized carbons (Fsp3) is 0. The molecule has 3 nitrogen and oxygen atoms in total. The van der Waals surface area contributed by atoms with Gasteiger partial charge in [-0.1, -0.05) is 5.40 Å². The van der Waals surface area contributed by atoms with Crippen LogP contribution in [0.3, 0.4) is 0 Å². The topological polar surface area (TPSA) is 70.6 Å². The van der Waals surface area contributed by atoms with E-state index < -0.39 is 0 Å². The van der Waals surface area contributed by atoms with Crippen LogP contribution in [0, 0.1) is 22.2 Å². The summed E-state index contributed by atoms with van der Waals surface area (Å²) in [6, 6.07) is 0. The van der Waals surface area contributed by atoms with E-state index in [2.05, 4.69) is 12.6 Å². The second-order valence-electron chi connectivity index (χ2n) is 0.183. The Morgan fingerprint density at radius 1 is 1.50 bits per heavy atom. The predicted molar refractivity (Wildman–Crippen MR) is 18.6 cm³/mol. The largest absolute Gasteiger partial charge is 0.812 e. The van der Waals surface area contributed by atoms with Gasteiger partial charge in [0.05, 0.1) is 0 Å². The molecule has 0 aromatic rings. The predicted octanol–water partition coefficient (Wildman–Crippen LogP) is -1.16. The average Bonchev–Trinajstić information content (AvgIpc) is 1.39. The van der Waals surface area contributed by atoms with Crippen molar-refractivity contribution in [1.29, 1.82) is 10.5 Å². The van der Waals surface area contributed by atoms with Crippen molar-refractivity contribution < 1.29 is 5.11 Å². The van der Waals surface area contributed by atoms with Gasteiger partial charge in [-0.2, -0.15) is 0 Å². The van der Waals surface area contributed by atoms with E-state index in [1.807, 2.05) is 0 Å². The van der Waals surface area contributed by atoms with Gasteiger partial charge in [0.15, 0.2) is 0 Å². The fourth-order valence-corrected chi connectivity index (χ4v) is 0. The van der Waals surface area contributed by atoms with Crippen molar-refractivity contribution in [3.8, 4) is 11.7 Å². The van der Waals surface area contributed by atoms with Gasteiger partial charge < -0.3 is 17.7 Å². The number of nitriles is 2. The zero-order valence-electron chi connectivity index (χ0n) is 2.71. The smallest absolute Gasteiger partial charge is 0.0199 e. The van der Waals surface area contributed by atoms with Gasteiger partial charge in [-0.05, 0) is 0 Å². The standard InChI is InChI=1S/CHNO.CHNS/c2*2-1-3/h2*3H/p-2. The van der Waals surface area contributed by atoms with Crippen LogP contribution in [-0.2, 0) is 12.6 Å². The third-order valence-electron chi connectivity index (χ3n) is 0. The highest BCUT2D eigenvalue weighted by Gasteiger charge is 0.904. The van der Waals surface area contributed by atoms with Crippen molar-refractivity contribution in [2.24, 2.45) is 0 Å². The van der Waals surface area contributed by atoms with E-state index in [-0.39, 0.29) is 0 Å². The monoisotopic (exact) mass is 100.0 g/mol. The number of hydrogen-bond donors (Lipinski definition) is 0. The minimum atomic E-state index is 0.500. The molecule has 0 N–H and O–H groups in total. The Labute approximate surface area is 40.8 Å². The second kappa shape index (κ2) is 36.0. The van der Waals surface area contributed by atoms with Crippen molar-refractivity contribution in [1.82, 2.24) is 0 Å². The lowest BCUT2D eigenvalue weighted by molar-refractivity contribution is -0.252. The van der Waals surface area contributed by atoms with Gasteiger partial charge in [0.1, 0.15) is 0 Å². The van der Waals surface area contributed by atoms with Crippen LogP contribution in [0.25, 0.3) is 0 Å². The van der Waals surface area contributed by atoms with E-state index in [4.69, 9.17) is 15.6 Å². The van der Waals surface area contributed by atoms with E-state index in [0.29, 0.717) is 6.26 Å². The Bertz CT molecular complexity index is 66.5. The summed E-state index contributed by atoms with van der Waals surface area (Å²) in [6.45, 7) is 0. The van der Waals surface area contributed by atoms with Crippen LogP contribution in [0.5, 0.6) is 0 Å². The van der Waals surface area contributed by atoms with E-state index in [0.717, 1.165) is 0 Å². The highest BCUT2D eigenvalue weighted by atomic mass is 32.1. The lowest BCUT2D eigenvalue weighted by Crippen LogP contribution is -1.80. The van der Waals surface area contributed by atoms with Crippen LogP contribution in [0.15, 0.2) is 0 Å². The van der Waals surface area contributed by atoms with Crippen molar-refractivity contribution in [3.63, 3.8) is 0 Å². The molecule has 6 heavy (non-hydrogen) atoms. The van der Waals surface area contributed by atoms with Gasteiger partial charge in [0, 0.05) is 6.26 Å². The van der Waals surface area contributed by atoms with Crippen LogP contribution in [0.4, 0.5) is 0 Å². The quantitative estimate of drug-likeness (QED) is 0.284. The molecule has 0 amide bonds. The molecular weight excluding hydrogens is 100 g/mol. The minimum absolute atomic E-state index is 0.500. The molecule has 0 aliphatic rings. The van der Waals surface area contributed by atoms with Crippen LogP contribution in [0.1, 0.15) is 0 Å². The summed E-state index contributed by atoms with van der Waals surface area (Å²) >= 11 is 3.70. The Kier molecular flexibility index (Phi) is 53.3. The minimum Gasteiger partial charge on any atom is -0.812 e. The Morgan fingerprint density at radius 3 is 1.50 bits per heavy atom. The first kappa shape index (κ1) is 8.89. The normalized spacial score (nSPS) is 2.33. The van der Waals surface area contributed by atoms with Crippen LogP contribution < -0.4 is 5.11 Å². The van der Waals surface area contributed by atoms with Crippen molar-refractivity contribution in [2.75, 3.05) is 0 Å². The molecule has 32 valence electrons. The molecule has 0 saturated carbocycles. The maximum Gasteiger partial charge on any atom is 0.0199 e. The Hall–Kier alpha value is -1.00. The molecular formula is C2N2OS-2. The molecule has 0 aliphatic carbocycles. The van der Waals surface area contributed by atoms with Gasteiger partial charge in [0.25, 0.3) is 0 Å². The SMILES string of the molecule is N#C[O-].N#C[S-]. The summed E-state index contributed by atoms with van der Waals surface area (Å²) in [5.41, 5.74) is 0. The average molecular weight is 100 g/mol. The maximum absolute atomic E-state index is 8.24. The van der Waals surface area contributed by atoms with Crippen LogP contribution >= 0.6 is 0 Å². The maximum atomic E-state index is 8.24. The van der Waals surface area contributed by atoms with Crippen molar-refractivity contribution in [3.05, 3.63) is 0 Å². The lowest BCUT2D eigenvalue weighted by atomic mass is 11.6. The highest BCUT2D eigenvalue weighted by molar-refractivity contribution is 7.64. The fourth-order valence-electron chi connectivity index (χ4n) is 0. The molecule has 0 aromatic carbocycles. The van der Waals surface area contributed by atoms with E-state index in [1.54, 1.807) is 0 Å². The molecule has 0 heterocycles. The van der Waals surface area contributed by atoms with Crippen LogP contribution in [0.2, 0.25) is 0 Å². The molecule has 0 fully saturated rings. The van der Waals surface area contributed by atoms with Crippen molar-refractivity contribution in [2.45, 2.75) is 0 Å². The number of nitrogens with zero attached hydrogens (tertiary/aromatic N) is 2. The first-order valence-electron chi connectivity index (χ1n) is 0.855. The number of thiocyanates is 1. The van der Waals surface area contributed by atoms with E-state index in [9.17, 15) is 0 Å². The first-order valence-corrected chi connectivity index (χ1v) is 1.26. The molecule has 4 heteroatoms. The molecule has 0 unspecified atom stereocenters. The number of rotatable bonds is 0. The molecule has 0 aliphatic heterocycles. The highest BCUT2D eigenvalue weighted by Crippen LogP contribution is 1.16. The van der Waals surface area contributed by atoms with E-state index in [1.165, 1.54) is 5.40 Å². The number of hydrogen-bond acceptors (Lipinski definition) is 4. The van der Waals surface area contributed by atoms with Gasteiger partial charge in [-0.3, -0.25) is 0 Å².